The third-order valence-corrected chi connectivity index (χ3v) is 4.74. The second-order valence-corrected chi connectivity index (χ2v) is 6.28. The molecule has 1 unspecified atom stereocenters. The normalized spacial score (nSPS) is 19.9. The van der Waals surface area contributed by atoms with Gasteiger partial charge in [-0.3, -0.25) is 9.78 Å². The van der Waals surface area contributed by atoms with Crippen LogP contribution in [-0.4, -0.2) is 36.2 Å². The second-order valence-electron chi connectivity index (χ2n) is 6.28. The number of benzene rings is 1. The standard InChI is InChI=1S/C18H22N4O2/c23-17-14-5-8-19-9-6-15(14)21-18(22-17)20-11-16-13-4-2-1-3-12(13)7-10-24-16/h1-4,16,19H,5-11H2,(H2,20,21,22,23). The molecule has 0 aliphatic carbocycles. The van der Waals surface area contributed by atoms with Crippen molar-refractivity contribution in [2.24, 2.45) is 0 Å². The van der Waals surface area contributed by atoms with Gasteiger partial charge in [0.2, 0.25) is 5.95 Å². The molecule has 0 saturated carbocycles. The van der Waals surface area contributed by atoms with E-state index in [2.05, 4.69) is 38.8 Å². The maximum Gasteiger partial charge on any atom is 0.255 e. The Morgan fingerprint density at radius 3 is 3.04 bits per heavy atom. The first-order chi connectivity index (χ1) is 11.8. The maximum absolute atomic E-state index is 12.3. The number of aromatic nitrogens is 2. The van der Waals surface area contributed by atoms with Gasteiger partial charge < -0.3 is 15.4 Å². The van der Waals surface area contributed by atoms with Crippen molar-refractivity contribution in [2.75, 3.05) is 31.6 Å². The van der Waals surface area contributed by atoms with Crippen LogP contribution in [0.3, 0.4) is 0 Å². The monoisotopic (exact) mass is 326 g/mol. The van der Waals surface area contributed by atoms with E-state index in [9.17, 15) is 4.79 Å². The molecule has 0 amide bonds. The molecule has 6 nitrogen and oxygen atoms in total. The average Bonchev–Trinajstić information content (AvgIpc) is 2.86. The summed E-state index contributed by atoms with van der Waals surface area (Å²) in [7, 11) is 0. The van der Waals surface area contributed by atoms with Gasteiger partial charge in [0, 0.05) is 25.1 Å². The lowest BCUT2D eigenvalue weighted by molar-refractivity contribution is 0.0512. The minimum atomic E-state index is -0.0313. The van der Waals surface area contributed by atoms with E-state index in [-0.39, 0.29) is 11.7 Å². The summed E-state index contributed by atoms with van der Waals surface area (Å²) in [5, 5.41) is 6.56. The van der Waals surface area contributed by atoms with Gasteiger partial charge in [-0.2, -0.15) is 0 Å². The fraction of sp³-hybridized carbons (Fsp3) is 0.444. The van der Waals surface area contributed by atoms with Gasteiger partial charge >= 0.3 is 0 Å². The minimum Gasteiger partial charge on any atom is -0.371 e. The van der Waals surface area contributed by atoms with Crippen molar-refractivity contribution in [3.8, 4) is 0 Å². The predicted molar refractivity (Wildman–Crippen MR) is 92.5 cm³/mol. The van der Waals surface area contributed by atoms with Crippen molar-refractivity contribution in [2.45, 2.75) is 25.4 Å². The van der Waals surface area contributed by atoms with E-state index in [1.807, 2.05) is 6.07 Å². The number of anilines is 1. The SMILES string of the molecule is O=c1[nH]c(NCC2OCCc3ccccc32)nc2c1CCNCC2. The van der Waals surface area contributed by atoms with Gasteiger partial charge in [-0.15, -0.1) is 0 Å². The molecule has 1 atom stereocenters. The zero-order chi connectivity index (χ0) is 16.4. The van der Waals surface area contributed by atoms with Gasteiger partial charge in [0.05, 0.1) is 12.3 Å². The van der Waals surface area contributed by atoms with Gasteiger partial charge in [0.25, 0.3) is 5.56 Å². The van der Waals surface area contributed by atoms with Crippen molar-refractivity contribution in [1.82, 2.24) is 15.3 Å². The van der Waals surface area contributed by atoms with Crippen LogP contribution in [0, 0.1) is 0 Å². The van der Waals surface area contributed by atoms with Crippen LogP contribution in [-0.2, 0) is 24.0 Å². The summed E-state index contributed by atoms with van der Waals surface area (Å²) in [5.74, 6) is 0.535. The number of ether oxygens (including phenoxy) is 1. The van der Waals surface area contributed by atoms with Crippen LogP contribution in [0.25, 0.3) is 0 Å². The van der Waals surface area contributed by atoms with Gasteiger partial charge in [0.1, 0.15) is 6.10 Å². The number of hydrogen-bond donors (Lipinski definition) is 3. The third kappa shape index (κ3) is 3.07. The first kappa shape index (κ1) is 15.4. The molecule has 1 aromatic carbocycles. The van der Waals surface area contributed by atoms with Crippen LogP contribution in [0.2, 0.25) is 0 Å². The fourth-order valence-electron chi connectivity index (χ4n) is 3.47. The summed E-state index contributed by atoms with van der Waals surface area (Å²) < 4.78 is 5.90. The van der Waals surface area contributed by atoms with Gasteiger partial charge in [-0.1, -0.05) is 24.3 Å². The molecule has 0 spiro atoms. The van der Waals surface area contributed by atoms with E-state index < -0.39 is 0 Å². The van der Waals surface area contributed by atoms with E-state index >= 15 is 0 Å². The third-order valence-electron chi connectivity index (χ3n) is 4.74. The number of fused-ring (bicyclic) bond motifs is 2. The Kier molecular flexibility index (Phi) is 4.32. The Morgan fingerprint density at radius 1 is 1.21 bits per heavy atom. The molecule has 0 fully saturated rings. The van der Waals surface area contributed by atoms with Gasteiger partial charge in [-0.05, 0) is 30.5 Å². The largest absolute Gasteiger partial charge is 0.371 e. The number of nitrogens with zero attached hydrogens (tertiary/aromatic N) is 1. The molecule has 1 aromatic heterocycles. The van der Waals surface area contributed by atoms with Crippen LogP contribution in [0.15, 0.2) is 29.1 Å². The number of H-pyrrole nitrogens is 1. The van der Waals surface area contributed by atoms with Crippen LogP contribution < -0.4 is 16.2 Å². The van der Waals surface area contributed by atoms with E-state index in [1.165, 1.54) is 11.1 Å². The lowest BCUT2D eigenvalue weighted by Gasteiger charge is -2.26. The van der Waals surface area contributed by atoms with Crippen LogP contribution in [0.5, 0.6) is 0 Å². The molecule has 0 saturated heterocycles. The van der Waals surface area contributed by atoms with Gasteiger partial charge in [-0.25, -0.2) is 4.98 Å². The molecular formula is C18H22N4O2. The Labute approximate surface area is 140 Å². The molecule has 3 heterocycles. The van der Waals surface area contributed by atoms with Crippen LogP contribution in [0.4, 0.5) is 5.95 Å². The summed E-state index contributed by atoms with van der Waals surface area (Å²) in [6, 6.07) is 8.37. The molecule has 6 heteroatoms. The van der Waals surface area contributed by atoms with E-state index in [0.717, 1.165) is 50.2 Å². The molecule has 0 bridgehead atoms. The number of aromatic amines is 1. The van der Waals surface area contributed by atoms with Crippen LogP contribution >= 0.6 is 0 Å². The Balaban J connectivity index is 1.52. The van der Waals surface area contributed by atoms with Crippen molar-refractivity contribution in [3.63, 3.8) is 0 Å². The zero-order valence-electron chi connectivity index (χ0n) is 13.6. The zero-order valence-corrected chi connectivity index (χ0v) is 13.6. The number of hydrogen-bond acceptors (Lipinski definition) is 5. The Bertz CT molecular complexity index is 787. The molecule has 4 rings (SSSR count). The van der Waals surface area contributed by atoms with Gasteiger partial charge in [0.15, 0.2) is 0 Å². The van der Waals surface area contributed by atoms with E-state index in [0.29, 0.717) is 12.5 Å². The summed E-state index contributed by atoms with van der Waals surface area (Å²) in [5.41, 5.74) is 4.24. The Hall–Kier alpha value is -2.18. The summed E-state index contributed by atoms with van der Waals surface area (Å²) in [6.45, 7) is 3.01. The van der Waals surface area contributed by atoms with Crippen molar-refractivity contribution in [1.29, 1.82) is 0 Å². The lowest BCUT2D eigenvalue weighted by atomic mass is 9.98. The van der Waals surface area contributed by atoms with Crippen molar-refractivity contribution < 1.29 is 4.74 Å². The topological polar surface area (TPSA) is 79.0 Å². The van der Waals surface area contributed by atoms with E-state index in [1.54, 1.807) is 0 Å². The summed E-state index contributed by atoms with van der Waals surface area (Å²) in [4.78, 5) is 19.8. The molecule has 0 radical (unpaired) electrons. The summed E-state index contributed by atoms with van der Waals surface area (Å²) in [6.07, 6.45) is 2.46. The minimum absolute atomic E-state index is 0.0132. The van der Waals surface area contributed by atoms with Crippen molar-refractivity contribution >= 4 is 5.95 Å². The fourth-order valence-corrected chi connectivity index (χ4v) is 3.47. The predicted octanol–water partition coefficient (Wildman–Crippen LogP) is 1.18. The molecule has 2 aliphatic heterocycles. The van der Waals surface area contributed by atoms with Crippen molar-refractivity contribution in [3.05, 3.63) is 57.0 Å². The molecule has 3 N–H and O–H groups in total. The highest BCUT2D eigenvalue weighted by Crippen LogP contribution is 2.26. The van der Waals surface area contributed by atoms with E-state index in [4.69, 9.17) is 4.74 Å². The quantitative estimate of drug-likeness (QED) is 0.789. The van der Waals surface area contributed by atoms with Crippen LogP contribution in [0.1, 0.15) is 28.5 Å². The molecule has 126 valence electrons. The molecule has 2 aliphatic rings. The molecule has 24 heavy (non-hydrogen) atoms. The Morgan fingerprint density at radius 2 is 2.08 bits per heavy atom. The molecular weight excluding hydrogens is 304 g/mol. The summed E-state index contributed by atoms with van der Waals surface area (Å²) >= 11 is 0. The number of rotatable bonds is 3. The lowest BCUT2D eigenvalue weighted by Crippen LogP contribution is -2.25. The molecule has 2 aromatic rings. The highest BCUT2D eigenvalue weighted by atomic mass is 16.5. The highest BCUT2D eigenvalue weighted by molar-refractivity contribution is 5.35. The smallest absolute Gasteiger partial charge is 0.255 e. The second kappa shape index (κ2) is 6.75. The average molecular weight is 326 g/mol. The maximum atomic E-state index is 12.3. The first-order valence-electron chi connectivity index (χ1n) is 8.57. The highest BCUT2D eigenvalue weighted by Gasteiger charge is 2.21. The number of nitrogens with one attached hydrogen (secondary N) is 3. The first-order valence-corrected chi connectivity index (χ1v) is 8.57.